The fourth-order valence-electron chi connectivity index (χ4n) is 1.76. The summed E-state index contributed by atoms with van der Waals surface area (Å²) in [5.74, 6) is -0.514. The molecule has 0 saturated heterocycles. The minimum absolute atomic E-state index is 0.349. The second kappa shape index (κ2) is 4.43. The number of hydrogen-bond acceptors (Lipinski definition) is 4. The van der Waals surface area contributed by atoms with Gasteiger partial charge in [0.25, 0.3) is 5.91 Å². The average molecular weight is 318 g/mol. The van der Waals surface area contributed by atoms with Gasteiger partial charge in [0, 0.05) is 23.1 Å². The van der Waals surface area contributed by atoms with Crippen LogP contribution in [0.25, 0.3) is 16.7 Å². The first kappa shape index (κ1) is 11.8. The summed E-state index contributed by atoms with van der Waals surface area (Å²) in [4.78, 5) is 19.7. The van der Waals surface area contributed by atoms with Crippen LogP contribution in [0.5, 0.6) is 0 Å². The van der Waals surface area contributed by atoms with Gasteiger partial charge in [-0.05, 0) is 28.1 Å². The van der Waals surface area contributed by atoms with Crippen molar-refractivity contribution in [1.82, 2.24) is 19.7 Å². The first-order valence-corrected chi connectivity index (χ1v) is 6.19. The molecule has 94 valence electrons. The van der Waals surface area contributed by atoms with Crippen molar-refractivity contribution >= 4 is 32.9 Å². The molecule has 0 atom stereocenters. The predicted molar refractivity (Wildman–Crippen MR) is 72.9 cm³/mol. The third-order valence-electron chi connectivity index (χ3n) is 2.64. The summed E-state index contributed by atoms with van der Waals surface area (Å²) >= 11 is 3.35. The molecule has 3 aromatic rings. The van der Waals surface area contributed by atoms with Crippen LogP contribution in [-0.4, -0.2) is 25.7 Å². The number of aromatic nitrogens is 4. The Morgan fingerprint density at radius 2 is 2.16 bits per heavy atom. The Morgan fingerprint density at radius 3 is 2.89 bits per heavy atom. The molecule has 2 N–H and O–H groups in total. The quantitative estimate of drug-likeness (QED) is 0.779. The van der Waals surface area contributed by atoms with Crippen LogP contribution in [-0.2, 0) is 0 Å². The molecule has 0 radical (unpaired) electrons. The molecule has 0 saturated carbocycles. The van der Waals surface area contributed by atoms with E-state index in [0.717, 1.165) is 15.7 Å². The van der Waals surface area contributed by atoms with Crippen LogP contribution in [0.3, 0.4) is 0 Å². The minimum atomic E-state index is -0.514. The van der Waals surface area contributed by atoms with Crippen molar-refractivity contribution in [2.75, 3.05) is 0 Å². The summed E-state index contributed by atoms with van der Waals surface area (Å²) in [6.07, 6.45) is 6.34. The second-order valence-electron chi connectivity index (χ2n) is 3.89. The molecular formula is C12H8BrN5O. The van der Waals surface area contributed by atoms with Crippen molar-refractivity contribution in [3.63, 3.8) is 0 Å². The lowest BCUT2D eigenvalue weighted by Gasteiger charge is -2.04. The molecule has 3 rings (SSSR count). The molecule has 1 amide bonds. The van der Waals surface area contributed by atoms with E-state index in [0.29, 0.717) is 11.1 Å². The minimum Gasteiger partial charge on any atom is -0.366 e. The summed E-state index contributed by atoms with van der Waals surface area (Å²) in [6.45, 7) is 0. The predicted octanol–water partition coefficient (Wildman–Crippen LogP) is 1.68. The zero-order valence-electron chi connectivity index (χ0n) is 9.62. The maximum atomic E-state index is 11.1. The highest BCUT2D eigenvalue weighted by Gasteiger charge is 2.09. The van der Waals surface area contributed by atoms with E-state index >= 15 is 0 Å². The van der Waals surface area contributed by atoms with Gasteiger partial charge in [-0.25, -0.2) is 4.68 Å². The highest BCUT2D eigenvalue weighted by atomic mass is 79.9. The van der Waals surface area contributed by atoms with E-state index in [4.69, 9.17) is 5.73 Å². The fourth-order valence-corrected chi connectivity index (χ4v) is 2.08. The number of carbonyl (C=O) groups is 1. The number of hydrogen-bond donors (Lipinski definition) is 1. The molecule has 0 bridgehead atoms. The summed E-state index contributed by atoms with van der Waals surface area (Å²) < 4.78 is 2.41. The van der Waals surface area contributed by atoms with Crippen molar-refractivity contribution in [1.29, 1.82) is 0 Å². The van der Waals surface area contributed by atoms with E-state index < -0.39 is 5.91 Å². The summed E-state index contributed by atoms with van der Waals surface area (Å²) in [5, 5.41) is 4.12. The van der Waals surface area contributed by atoms with Gasteiger partial charge in [0.2, 0.25) is 0 Å². The molecule has 0 spiro atoms. The lowest BCUT2D eigenvalue weighted by molar-refractivity contribution is 0.100. The fraction of sp³-hybridized carbons (Fsp3) is 0. The van der Waals surface area contributed by atoms with Gasteiger partial charge < -0.3 is 5.73 Å². The first-order chi connectivity index (χ1) is 9.15. The summed E-state index contributed by atoms with van der Waals surface area (Å²) in [6, 6.07) is 3.64. The topological polar surface area (TPSA) is 86.7 Å². The highest BCUT2D eigenvalue weighted by molar-refractivity contribution is 9.10. The van der Waals surface area contributed by atoms with Crippen LogP contribution in [0.1, 0.15) is 10.4 Å². The summed E-state index contributed by atoms with van der Waals surface area (Å²) in [7, 11) is 0. The van der Waals surface area contributed by atoms with E-state index in [1.54, 1.807) is 29.3 Å². The highest BCUT2D eigenvalue weighted by Crippen LogP contribution is 2.21. The maximum Gasteiger partial charge on any atom is 0.251 e. The number of primary amides is 1. The Bertz CT molecular complexity index is 783. The van der Waals surface area contributed by atoms with Gasteiger partial charge in [0.05, 0.1) is 23.0 Å². The average Bonchev–Trinajstić information content (AvgIpc) is 2.87. The normalized spacial score (nSPS) is 10.8. The number of amides is 1. The van der Waals surface area contributed by atoms with Crippen LogP contribution in [0.4, 0.5) is 0 Å². The molecule has 0 aromatic carbocycles. The van der Waals surface area contributed by atoms with E-state index in [2.05, 4.69) is 31.0 Å². The zero-order valence-corrected chi connectivity index (χ0v) is 11.2. The van der Waals surface area contributed by atoms with Crippen molar-refractivity contribution < 1.29 is 4.79 Å². The molecular weight excluding hydrogens is 310 g/mol. The van der Waals surface area contributed by atoms with Crippen LogP contribution in [0.2, 0.25) is 0 Å². The molecule has 6 nitrogen and oxygen atoms in total. The monoisotopic (exact) mass is 317 g/mol. The third-order valence-corrected chi connectivity index (χ3v) is 3.07. The number of rotatable bonds is 2. The number of carbonyl (C=O) groups excluding carboxylic acids is 1. The van der Waals surface area contributed by atoms with E-state index in [1.165, 1.54) is 6.20 Å². The molecule has 0 unspecified atom stereocenters. The van der Waals surface area contributed by atoms with Gasteiger partial charge in [-0.15, -0.1) is 0 Å². The smallest absolute Gasteiger partial charge is 0.251 e. The Hall–Kier alpha value is -2.28. The standard InChI is InChI=1S/C12H8BrN5O/c13-8-3-9-11(16-5-8)10(1-2-15-9)18-6-7(4-17-18)12(14)19/h1-6H,(H2,14,19). The van der Waals surface area contributed by atoms with Gasteiger partial charge in [0.15, 0.2) is 0 Å². The van der Waals surface area contributed by atoms with Crippen molar-refractivity contribution in [2.24, 2.45) is 5.73 Å². The summed E-state index contributed by atoms with van der Waals surface area (Å²) in [5.41, 5.74) is 7.74. The van der Waals surface area contributed by atoms with E-state index in [-0.39, 0.29) is 0 Å². The van der Waals surface area contributed by atoms with E-state index in [1.807, 2.05) is 6.07 Å². The molecule has 7 heteroatoms. The van der Waals surface area contributed by atoms with Crippen LogP contribution in [0, 0.1) is 0 Å². The van der Waals surface area contributed by atoms with Crippen LogP contribution < -0.4 is 5.73 Å². The number of fused-ring (bicyclic) bond motifs is 1. The van der Waals surface area contributed by atoms with Gasteiger partial charge >= 0.3 is 0 Å². The van der Waals surface area contributed by atoms with Crippen LogP contribution >= 0.6 is 15.9 Å². The van der Waals surface area contributed by atoms with Crippen molar-refractivity contribution in [2.45, 2.75) is 0 Å². The second-order valence-corrected chi connectivity index (χ2v) is 4.80. The largest absolute Gasteiger partial charge is 0.366 e. The van der Waals surface area contributed by atoms with Crippen molar-refractivity contribution in [3.8, 4) is 5.69 Å². The lowest BCUT2D eigenvalue weighted by Crippen LogP contribution is -2.09. The van der Waals surface area contributed by atoms with Gasteiger partial charge in [-0.2, -0.15) is 5.10 Å². The molecule has 0 fully saturated rings. The molecule has 0 aliphatic heterocycles. The molecule has 3 heterocycles. The Labute approximate surface area is 116 Å². The number of pyridine rings is 2. The van der Waals surface area contributed by atoms with Gasteiger partial charge in [0.1, 0.15) is 5.52 Å². The SMILES string of the molecule is NC(=O)c1cnn(-c2ccnc3cc(Br)cnc23)c1. The molecule has 0 aliphatic carbocycles. The number of halogens is 1. The maximum absolute atomic E-state index is 11.1. The van der Waals surface area contributed by atoms with E-state index in [9.17, 15) is 4.79 Å². The molecule has 3 aromatic heterocycles. The van der Waals surface area contributed by atoms with Gasteiger partial charge in [-0.1, -0.05) is 0 Å². The lowest BCUT2D eigenvalue weighted by atomic mass is 10.3. The third kappa shape index (κ3) is 2.08. The Balaban J connectivity index is 2.21. The number of nitrogens with two attached hydrogens (primary N) is 1. The first-order valence-electron chi connectivity index (χ1n) is 5.40. The Kier molecular flexibility index (Phi) is 2.75. The molecule has 0 aliphatic rings. The van der Waals surface area contributed by atoms with Crippen molar-refractivity contribution in [3.05, 3.63) is 47.0 Å². The van der Waals surface area contributed by atoms with Crippen LogP contribution in [0.15, 0.2) is 41.4 Å². The molecule has 19 heavy (non-hydrogen) atoms. The number of nitrogens with zero attached hydrogens (tertiary/aromatic N) is 4. The Morgan fingerprint density at radius 1 is 1.32 bits per heavy atom. The zero-order chi connectivity index (χ0) is 13.4. The van der Waals surface area contributed by atoms with Gasteiger partial charge in [-0.3, -0.25) is 14.8 Å².